The van der Waals surface area contributed by atoms with Crippen molar-refractivity contribution in [1.29, 1.82) is 0 Å². The van der Waals surface area contributed by atoms with Gasteiger partial charge in [-0.15, -0.1) is 0 Å². The maximum Gasteiger partial charge on any atom is 0.223 e. The number of rotatable bonds is 7. The van der Waals surface area contributed by atoms with Crippen molar-refractivity contribution in [2.24, 2.45) is 11.8 Å². The van der Waals surface area contributed by atoms with Crippen molar-refractivity contribution in [3.63, 3.8) is 0 Å². The molecule has 4 heteroatoms. The van der Waals surface area contributed by atoms with E-state index in [1.54, 1.807) is 12.1 Å². The summed E-state index contributed by atoms with van der Waals surface area (Å²) in [5.41, 5.74) is 0. The molecule has 2 N–H and O–H groups in total. The number of carbonyl (C=O) groups is 1. The van der Waals surface area contributed by atoms with E-state index >= 15 is 0 Å². The van der Waals surface area contributed by atoms with Gasteiger partial charge in [-0.2, -0.15) is 0 Å². The van der Waals surface area contributed by atoms with Crippen LogP contribution < -0.4 is 5.32 Å². The fourth-order valence-electron chi connectivity index (χ4n) is 3.03. The van der Waals surface area contributed by atoms with Gasteiger partial charge in [0, 0.05) is 5.92 Å². The Kier molecular flexibility index (Phi) is 5.65. The van der Waals surface area contributed by atoms with Gasteiger partial charge in [-0.1, -0.05) is 32.6 Å². The fraction of sp³-hybridized carbons (Fsp3) is 0.688. The van der Waals surface area contributed by atoms with Crippen LogP contribution in [0.15, 0.2) is 22.8 Å². The number of amides is 1. The number of carbonyl (C=O) groups excluding carboxylic acids is 1. The molecule has 112 valence electrons. The van der Waals surface area contributed by atoms with Crippen LogP contribution in [0.5, 0.6) is 0 Å². The highest BCUT2D eigenvalue weighted by atomic mass is 16.4. The van der Waals surface area contributed by atoms with Crippen molar-refractivity contribution in [3.05, 3.63) is 24.2 Å². The molecule has 1 amide bonds. The van der Waals surface area contributed by atoms with Gasteiger partial charge in [-0.3, -0.25) is 4.79 Å². The summed E-state index contributed by atoms with van der Waals surface area (Å²) < 4.78 is 5.12. The average Bonchev–Trinajstić information content (AvgIpc) is 3.14. The van der Waals surface area contributed by atoms with Gasteiger partial charge in [0.15, 0.2) is 0 Å². The molecule has 1 aliphatic carbocycles. The van der Waals surface area contributed by atoms with Crippen molar-refractivity contribution >= 4 is 5.91 Å². The summed E-state index contributed by atoms with van der Waals surface area (Å²) in [5, 5.41) is 12.7. The highest BCUT2D eigenvalue weighted by Gasteiger charge is 2.24. The number of hydrogen-bond acceptors (Lipinski definition) is 3. The lowest BCUT2D eigenvalue weighted by atomic mass is 9.91. The lowest BCUT2D eigenvalue weighted by molar-refractivity contribution is -0.126. The predicted octanol–water partition coefficient (Wildman–Crippen LogP) is 3.04. The van der Waals surface area contributed by atoms with Crippen LogP contribution in [-0.2, 0) is 4.79 Å². The summed E-state index contributed by atoms with van der Waals surface area (Å²) in [5.74, 6) is 1.33. The third-order valence-electron chi connectivity index (χ3n) is 4.30. The molecule has 0 saturated heterocycles. The number of hydrogen-bond donors (Lipinski definition) is 2. The summed E-state index contributed by atoms with van der Waals surface area (Å²) >= 11 is 0. The Balaban J connectivity index is 1.76. The molecule has 1 heterocycles. The molecule has 1 saturated carbocycles. The Hall–Kier alpha value is -1.29. The molecule has 1 aliphatic rings. The lowest BCUT2D eigenvalue weighted by Gasteiger charge is -2.19. The van der Waals surface area contributed by atoms with Crippen LogP contribution in [0.25, 0.3) is 0 Å². The SMILES string of the molecule is CCC(CC1CCCC1)C(=O)NCC(O)c1ccco1. The van der Waals surface area contributed by atoms with E-state index in [-0.39, 0.29) is 18.4 Å². The van der Waals surface area contributed by atoms with Gasteiger partial charge in [-0.05, 0) is 30.9 Å². The first-order chi connectivity index (χ1) is 9.70. The second kappa shape index (κ2) is 7.48. The fourth-order valence-corrected chi connectivity index (χ4v) is 3.03. The van der Waals surface area contributed by atoms with E-state index in [2.05, 4.69) is 12.2 Å². The van der Waals surface area contributed by atoms with E-state index in [0.29, 0.717) is 11.7 Å². The molecule has 0 aromatic carbocycles. The van der Waals surface area contributed by atoms with Gasteiger partial charge in [0.1, 0.15) is 11.9 Å². The van der Waals surface area contributed by atoms with Crippen molar-refractivity contribution in [2.45, 2.75) is 51.6 Å². The minimum atomic E-state index is -0.766. The Morgan fingerprint density at radius 3 is 2.85 bits per heavy atom. The Labute approximate surface area is 120 Å². The molecule has 2 rings (SSSR count). The molecule has 0 radical (unpaired) electrons. The smallest absolute Gasteiger partial charge is 0.223 e. The zero-order valence-corrected chi connectivity index (χ0v) is 12.2. The predicted molar refractivity (Wildman–Crippen MR) is 77.0 cm³/mol. The minimum Gasteiger partial charge on any atom is -0.467 e. The maximum absolute atomic E-state index is 12.2. The van der Waals surface area contributed by atoms with Crippen molar-refractivity contribution in [2.75, 3.05) is 6.54 Å². The van der Waals surface area contributed by atoms with Crippen LogP contribution in [0.2, 0.25) is 0 Å². The Bertz CT molecular complexity index is 396. The third-order valence-corrected chi connectivity index (χ3v) is 4.30. The van der Waals surface area contributed by atoms with E-state index in [9.17, 15) is 9.90 Å². The number of aliphatic hydroxyl groups is 1. The summed E-state index contributed by atoms with van der Waals surface area (Å²) in [4.78, 5) is 12.2. The van der Waals surface area contributed by atoms with Gasteiger partial charge in [0.25, 0.3) is 0 Å². The quantitative estimate of drug-likeness (QED) is 0.806. The number of aliphatic hydroxyl groups excluding tert-OH is 1. The minimum absolute atomic E-state index is 0.0602. The van der Waals surface area contributed by atoms with Crippen LogP contribution in [0.4, 0.5) is 0 Å². The zero-order valence-electron chi connectivity index (χ0n) is 12.2. The van der Waals surface area contributed by atoms with Crippen LogP contribution in [0.1, 0.15) is 57.3 Å². The zero-order chi connectivity index (χ0) is 14.4. The second-order valence-corrected chi connectivity index (χ2v) is 5.77. The van der Waals surface area contributed by atoms with E-state index in [0.717, 1.165) is 12.8 Å². The average molecular weight is 279 g/mol. The normalized spacial score (nSPS) is 18.9. The summed E-state index contributed by atoms with van der Waals surface area (Å²) in [6, 6.07) is 3.45. The first-order valence-corrected chi connectivity index (χ1v) is 7.69. The largest absolute Gasteiger partial charge is 0.467 e. The third kappa shape index (κ3) is 4.10. The van der Waals surface area contributed by atoms with Crippen molar-refractivity contribution < 1.29 is 14.3 Å². The van der Waals surface area contributed by atoms with Gasteiger partial charge in [0.05, 0.1) is 12.8 Å². The first kappa shape index (κ1) is 15.1. The standard InChI is InChI=1S/C16H25NO3/c1-2-13(10-12-6-3-4-7-12)16(19)17-11-14(18)15-8-5-9-20-15/h5,8-9,12-14,18H,2-4,6-7,10-11H2,1H3,(H,17,19). The summed E-state index contributed by atoms with van der Waals surface area (Å²) in [6.45, 7) is 2.27. The molecule has 0 bridgehead atoms. The molecule has 2 unspecified atom stereocenters. The van der Waals surface area contributed by atoms with E-state index < -0.39 is 6.10 Å². The highest BCUT2D eigenvalue weighted by Crippen LogP contribution is 2.31. The molecule has 2 atom stereocenters. The van der Waals surface area contributed by atoms with Crippen molar-refractivity contribution in [1.82, 2.24) is 5.32 Å². The topological polar surface area (TPSA) is 62.5 Å². The lowest BCUT2D eigenvalue weighted by Crippen LogP contribution is -2.34. The molecule has 0 spiro atoms. The van der Waals surface area contributed by atoms with Crippen LogP contribution in [0.3, 0.4) is 0 Å². The molecule has 1 aromatic heterocycles. The molecular formula is C16H25NO3. The molecule has 20 heavy (non-hydrogen) atoms. The van der Waals surface area contributed by atoms with Gasteiger partial charge < -0.3 is 14.8 Å². The Morgan fingerprint density at radius 1 is 1.50 bits per heavy atom. The second-order valence-electron chi connectivity index (χ2n) is 5.77. The molecule has 4 nitrogen and oxygen atoms in total. The summed E-state index contributed by atoms with van der Waals surface area (Å²) in [6.07, 6.45) is 7.74. The van der Waals surface area contributed by atoms with E-state index in [1.165, 1.54) is 31.9 Å². The van der Waals surface area contributed by atoms with E-state index in [4.69, 9.17) is 4.42 Å². The van der Waals surface area contributed by atoms with E-state index in [1.807, 2.05) is 0 Å². The Morgan fingerprint density at radius 2 is 2.25 bits per heavy atom. The monoisotopic (exact) mass is 279 g/mol. The van der Waals surface area contributed by atoms with Gasteiger partial charge in [-0.25, -0.2) is 0 Å². The maximum atomic E-state index is 12.2. The number of furan rings is 1. The first-order valence-electron chi connectivity index (χ1n) is 7.69. The van der Waals surface area contributed by atoms with Crippen LogP contribution in [-0.4, -0.2) is 17.6 Å². The highest BCUT2D eigenvalue weighted by molar-refractivity contribution is 5.78. The summed E-state index contributed by atoms with van der Waals surface area (Å²) in [7, 11) is 0. The number of nitrogens with one attached hydrogen (secondary N) is 1. The molecule has 0 aliphatic heterocycles. The molecule has 1 aromatic rings. The van der Waals surface area contributed by atoms with Crippen LogP contribution in [0, 0.1) is 11.8 Å². The van der Waals surface area contributed by atoms with Crippen molar-refractivity contribution in [3.8, 4) is 0 Å². The van der Waals surface area contributed by atoms with Gasteiger partial charge in [0.2, 0.25) is 5.91 Å². The van der Waals surface area contributed by atoms with Crippen LogP contribution >= 0.6 is 0 Å². The molecular weight excluding hydrogens is 254 g/mol. The van der Waals surface area contributed by atoms with Gasteiger partial charge >= 0.3 is 0 Å². The molecule has 1 fully saturated rings.